The van der Waals surface area contributed by atoms with E-state index in [0.29, 0.717) is 17.9 Å². The number of aromatic nitrogens is 1. The van der Waals surface area contributed by atoms with Gasteiger partial charge in [-0.05, 0) is 51.4 Å². The topological polar surface area (TPSA) is 45.2 Å². The highest BCUT2D eigenvalue weighted by Gasteiger charge is 2.37. The van der Waals surface area contributed by atoms with E-state index in [0.717, 1.165) is 10.7 Å². The van der Waals surface area contributed by atoms with Crippen LogP contribution in [0.4, 0.5) is 4.79 Å². The fraction of sp³-hybridized carbons (Fsp3) is 0.733. The van der Waals surface area contributed by atoms with Crippen molar-refractivity contribution >= 4 is 17.4 Å². The predicted molar refractivity (Wildman–Crippen MR) is 80.8 cm³/mol. The van der Waals surface area contributed by atoms with Gasteiger partial charge in [0, 0.05) is 24.2 Å². The molecule has 2 atom stereocenters. The van der Waals surface area contributed by atoms with Crippen LogP contribution in [0.2, 0.25) is 0 Å². The number of nitrogens with zero attached hydrogens (tertiary/aromatic N) is 2. The van der Waals surface area contributed by atoms with Crippen molar-refractivity contribution in [3.8, 4) is 0 Å². The van der Waals surface area contributed by atoms with Crippen LogP contribution in [0, 0.1) is 18.8 Å². The van der Waals surface area contributed by atoms with Crippen LogP contribution < -0.4 is 5.32 Å². The van der Waals surface area contributed by atoms with Gasteiger partial charge in [0.05, 0.1) is 6.04 Å². The standard InChI is InChI=1S/C15H23N3OS/c1-9-8-20-14(16-9)13(12-6-7-12)17-15(19)18(3)10(2)11-4-5-11/h8,10-13H,4-7H2,1-3H3,(H,17,19)/t10-,13+/m1/s1. The van der Waals surface area contributed by atoms with Crippen molar-refractivity contribution in [2.45, 2.75) is 51.6 Å². The number of amides is 2. The number of hydrogen-bond donors (Lipinski definition) is 1. The summed E-state index contributed by atoms with van der Waals surface area (Å²) in [4.78, 5) is 18.9. The maximum absolute atomic E-state index is 12.4. The molecule has 0 bridgehead atoms. The Labute approximate surface area is 124 Å². The molecule has 2 aliphatic carbocycles. The summed E-state index contributed by atoms with van der Waals surface area (Å²) in [5.41, 5.74) is 1.05. The van der Waals surface area contributed by atoms with Crippen LogP contribution in [0.3, 0.4) is 0 Å². The Balaban J connectivity index is 1.65. The third-order valence-corrected chi connectivity index (χ3v) is 5.56. The minimum atomic E-state index is 0.0501. The van der Waals surface area contributed by atoms with Gasteiger partial charge >= 0.3 is 6.03 Å². The van der Waals surface area contributed by atoms with Gasteiger partial charge in [0.1, 0.15) is 5.01 Å². The predicted octanol–water partition coefficient (Wildman–Crippen LogP) is 3.34. The first-order valence-corrected chi connectivity index (χ1v) is 8.39. The van der Waals surface area contributed by atoms with Gasteiger partial charge in [0.2, 0.25) is 0 Å². The van der Waals surface area contributed by atoms with Gasteiger partial charge in [-0.2, -0.15) is 0 Å². The summed E-state index contributed by atoms with van der Waals surface area (Å²) in [6.07, 6.45) is 4.92. The van der Waals surface area contributed by atoms with Crippen LogP contribution in [-0.2, 0) is 0 Å². The Morgan fingerprint density at radius 2 is 2.05 bits per heavy atom. The fourth-order valence-corrected chi connectivity index (χ4v) is 3.58. The van der Waals surface area contributed by atoms with Crippen LogP contribution in [0.25, 0.3) is 0 Å². The Bertz CT molecular complexity index is 493. The molecule has 0 spiro atoms. The summed E-state index contributed by atoms with van der Waals surface area (Å²) in [6, 6.07) is 0.497. The molecule has 0 radical (unpaired) electrons. The first kappa shape index (κ1) is 13.9. The number of hydrogen-bond acceptors (Lipinski definition) is 3. The summed E-state index contributed by atoms with van der Waals surface area (Å²) in [5.74, 6) is 1.28. The molecule has 2 saturated carbocycles. The number of thiazole rings is 1. The number of carbonyl (C=O) groups is 1. The highest BCUT2D eigenvalue weighted by atomic mass is 32.1. The zero-order valence-electron chi connectivity index (χ0n) is 12.4. The molecule has 1 heterocycles. The summed E-state index contributed by atoms with van der Waals surface area (Å²) in [5, 5.41) is 6.33. The molecule has 4 nitrogen and oxygen atoms in total. The lowest BCUT2D eigenvalue weighted by molar-refractivity contribution is 0.182. The second kappa shape index (κ2) is 5.35. The number of aryl methyl sites for hydroxylation is 1. The fourth-order valence-electron chi connectivity index (χ4n) is 2.64. The van der Waals surface area contributed by atoms with Gasteiger partial charge in [-0.3, -0.25) is 0 Å². The number of carbonyl (C=O) groups excluding carboxylic acids is 1. The third-order valence-electron chi connectivity index (χ3n) is 4.51. The van der Waals surface area contributed by atoms with E-state index in [1.165, 1.54) is 25.7 Å². The third kappa shape index (κ3) is 2.97. The van der Waals surface area contributed by atoms with E-state index in [4.69, 9.17) is 0 Å². The van der Waals surface area contributed by atoms with Crippen LogP contribution in [0.1, 0.15) is 49.4 Å². The summed E-state index contributed by atoms with van der Waals surface area (Å²) >= 11 is 1.66. The van der Waals surface area contributed by atoms with Crippen molar-refractivity contribution < 1.29 is 4.79 Å². The molecule has 0 aromatic carbocycles. The maximum atomic E-state index is 12.4. The number of rotatable bonds is 5. The van der Waals surface area contributed by atoms with Crippen molar-refractivity contribution in [1.82, 2.24) is 15.2 Å². The Morgan fingerprint density at radius 3 is 2.55 bits per heavy atom. The van der Waals surface area contributed by atoms with E-state index in [1.807, 2.05) is 18.9 Å². The molecule has 0 aliphatic heterocycles. The van der Waals surface area contributed by atoms with Gasteiger partial charge < -0.3 is 10.2 Å². The zero-order valence-corrected chi connectivity index (χ0v) is 13.2. The van der Waals surface area contributed by atoms with E-state index in [9.17, 15) is 4.79 Å². The Hall–Kier alpha value is -1.10. The van der Waals surface area contributed by atoms with E-state index >= 15 is 0 Å². The van der Waals surface area contributed by atoms with E-state index in [-0.39, 0.29) is 12.1 Å². The van der Waals surface area contributed by atoms with Crippen LogP contribution in [0.5, 0.6) is 0 Å². The average Bonchev–Trinajstić information content (AvgIpc) is 3.32. The maximum Gasteiger partial charge on any atom is 0.317 e. The largest absolute Gasteiger partial charge is 0.328 e. The smallest absolute Gasteiger partial charge is 0.317 e. The molecule has 1 N–H and O–H groups in total. The monoisotopic (exact) mass is 293 g/mol. The summed E-state index contributed by atoms with van der Waals surface area (Å²) in [6.45, 7) is 4.16. The molecular weight excluding hydrogens is 270 g/mol. The highest BCUT2D eigenvalue weighted by molar-refractivity contribution is 7.09. The molecule has 1 aromatic rings. The normalized spacial score (nSPS) is 21.4. The number of urea groups is 1. The molecule has 3 rings (SSSR count). The second-order valence-corrected chi connectivity index (χ2v) is 7.17. The molecule has 0 saturated heterocycles. The van der Waals surface area contributed by atoms with Crippen molar-refractivity contribution in [3.63, 3.8) is 0 Å². The minimum absolute atomic E-state index is 0.0501. The molecule has 2 aliphatic rings. The van der Waals surface area contributed by atoms with Gasteiger partial charge in [-0.15, -0.1) is 11.3 Å². The molecule has 20 heavy (non-hydrogen) atoms. The molecule has 1 aromatic heterocycles. The highest BCUT2D eigenvalue weighted by Crippen LogP contribution is 2.42. The quantitative estimate of drug-likeness (QED) is 0.905. The SMILES string of the molecule is Cc1csc([C@@H](NC(=O)N(C)[C@H](C)C2CC2)C2CC2)n1. The Kier molecular flexibility index (Phi) is 3.71. The van der Waals surface area contributed by atoms with E-state index in [2.05, 4.69) is 22.6 Å². The molecule has 110 valence electrons. The molecular formula is C15H23N3OS. The van der Waals surface area contributed by atoms with Gasteiger partial charge in [0.25, 0.3) is 0 Å². The van der Waals surface area contributed by atoms with E-state index < -0.39 is 0 Å². The van der Waals surface area contributed by atoms with Crippen molar-refractivity contribution in [1.29, 1.82) is 0 Å². The average molecular weight is 293 g/mol. The lowest BCUT2D eigenvalue weighted by Gasteiger charge is -2.27. The molecule has 2 fully saturated rings. The molecule has 0 unspecified atom stereocenters. The zero-order chi connectivity index (χ0) is 14.3. The summed E-state index contributed by atoms with van der Waals surface area (Å²) < 4.78 is 0. The first-order valence-electron chi connectivity index (χ1n) is 7.51. The summed E-state index contributed by atoms with van der Waals surface area (Å²) in [7, 11) is 1.91. The molecule has 5 heteroatoms. The minimum Gasteiger partial charge on any atom is -0.328 e. The lowest BCUT2D eigenvalue weighted by atomic mass is 10.2. The van der Waals surface area contributed by atoms with Crippen molar-refractivity contribution in [2.24, 2.45) is 11.8 Å². The molecule has 2 amide bonds. The lowest BCUT2D eigenvalue weighted by Crippen LogP contribution is -2.45. The van der Waals surface area contributed by atoms with Crippen molar-refractivity contribution in [3.05, 3.63) is 16.1 Å². The van der Waals surface area contributed by atoms with Crippen LogP contribution in [0.15, 0.2) is 5.38 Å². The van der Waals surface area contributed by atoms with Gasteiger partial charge in [0.15, 0.2) is 0 Å². The van der Waals surface area contributed by atoms with Crippen molar-refractivity contribution in [2.75, 3.05) is 7.05 Å². The second-order valence-electron chi connectivity index (χ2n) is 6.28. The van der Waals surface area contributed by atoms with E-state index in [1.54, 1.807) is 11.3 Å². The van der Waals surface area contributed by atoms with Crippen LogP contribution in [-0.4, -0.2) is 29.0 Å². The number of nitrogens with one attached hydrogen (secondary N) is 1. The van der Waals surface area contributed by atoms with Crippen LogP contribution >= 0.6 is 11.3 Å². The van der Waals surface area contributed by atoms with Gasteiger partial charge in [-0.1, -0.05) is 0 Å². The first-order chi connectivity index (χ1) is 9.56. The Morgan fingerprint density at radius 1 is 1.40 bits per heavy atom. The van der Waals surface area contributed by atoms with Gasteiger partial charge in [-0.25, -0.2) is 9.78 Å².